The molecule has 1 aliphatic heterocycles. The first kappa shape index (κ1) is 26.9. The summed E-state index contributed by atoms with van der Waals surface area (Å²) in [5, 5.41) is 2.79. The molecule has 0 unspecified atom stereocenters. The topological polar surface area (TPSA) is 92.8 Å². The zero-order chi connectivity index (χ0) is 28.8. The number of ether oxygens (including phenoxy) is 1. The second-order valence-corrected chi connectivity index (χ2v) is 11.4. The molecule has 3 aliphatic carbocycles. The summed E-state index contributed by atoms with van der Waals surface area (Å²) in [4.78, 5) is 55.6. The summed E-state index contributed by atoms with van der Waals surface area (Å²) >= 11 is 0. The first-order valence-electron chi connectivity index (χ1n) is 14.4. The molecule has 7 nitrogen and oxygen atoms in total. The lowest BCUT2D eigenvalue weighted by Crippen LogP contribution is -2.47. The van der Waals surface area contributed by atoms with Gasteiger partial charge in [-0.3, -0.25) is 19.3 Å². The summed E-state index contributed by atoms with van der Waals surface area (Å²) in [6, 6.07) is 20.6. The predicted octanol–water partition coefficient (Wildman–Crippen LogP) is 5.24. The van der Waals surface area contributed by atoms with Gasteiger partial charge in [-0.05, 0) is 59.7 Å². The van der Waals surface area contributed by atoms with E-state index in [2.05, 4.69) is 29.6 Å². The van der Waals surface area contributed by atoms with Gasteiger partial charge in [0.1, 0.15) is 6.04 Å². The molecule has 1 N–H and O–H groups in total. The molecule has 2 bridgehead atoms. The average molecular weight is 551 g/mol. The quantitative estimate of drug-likeness (QED) is 0.306. The molecule has 1 saturated heterocycles. The van der Waals surface area contributed by atoms with Crippen molar-refractivity contribution in [2.75, 3.05) is 11.9 Å². The van der Waals surface area contributed by atoms with Crippen LogP contribution in [-0.4, -0.2) is 41.2 Å². The van der Waals surface area contributed by atoms with E-state index in [-0.39, 0.29) is 23.7 Å². The molecule has 3 aromatic rings. The molecule has 210 valence electrons. The number of anilines is 1. The zero-order valence-corrected chi connectivity index (χ0v) is 23.6. The Morgan fingerprint density at radius 3 is 1.88 bits per heavy atom. The van der Waals surface area contributed by atoms with Crippen molar-refractivity contribution in [1.82, 2.24) is 4.90 Å². The highest BCUT2D eigenvalue weighted by Crippen LogP contribution is 2.61. The number of aryl methyl sites for hydroxylation is 1. The molecule has 0 saturated carbocycles. The number of rotatable bonds is 8. The molecule has 41 heavy (non-hydrogen) atoms. The van der Waals surface area contributed by atoms with Gasteiger partial charge >= 0.3 is 5.97 Å². The number of unbranched alkanes of at least 4 members (excludes halogenated alkanes) is 1. The number of likely N-dealkylation sites (tertiary alicyclic amines) is 1. The predicted molar refractivity (Wildman–Crippen MR) is 154 cm³/mol. The lowest BCUT2D eigenvalue weighted by Gasteiger charge is -2.45. The fourth-order valence-corrected chi connectivity index (χ4v) is 7.06. The van der Waals surface area contributed by atoms with Crippen molar-refractivity contribution in [2.45, 2.75) is 57.9 Å². The molecule has 0 spiro atoms. The molecule has 1 fully saturated rings. The molecule has 7 rings (SSSR count). The van der Waals surface area contributed by atoms with Crippen LogP contribution in [0.15, 0.2) is 66.7 Å². The van der Waals surface area contributed by atoms with Crippen LogP contribution in [-0.2, 0) is 23.9 Å². The summed E-state index contributed by atoms with van der Waals surface area (Å²) in [7, 11) is 0. The Labute approximate surface area is 239 Å². The normalized spacial score (nSPS) is 22.6. The molecule has 1 heterocycles. The average Bonchev–Trinajstić information content (AvgIpc) is 3.24. The molecule has 3 amide bonds. The van der Waals surface area contributed by atoms with Crippen molar-refractivity contribution in [2.24, 2.45) is 11.8 Å². The first-order chi connectivity index (χ1) is 19.8. The van der Waals surface area contributed by atoms with Crippen LogP contribution in [0.4, 0.5) is 5.69 Å². The molecular weight excluding hydrogens is 516 g/mol. The fourth-order valence-electron chi connectivity index (χ4n) is 7.06. The third-order valence-corrected chi connectivity index (χ3v) is 9.12. The molecule has 4 aliphatic rings. The van der Waals surface area contributed by atoms with Crippen molar-refractivity contribution in [1.29, 1.82) is 0 Å². The van der Waals surface area contributed by atoms with Gasteiger partial charge in [0.2, 0.25) is 11.8 Å². The summed E-state index contributed by atoms with van der Waals surface area (Å²) in [6.07, 6.45) is 1.70. The van der Waals surface area contributed by atoms with Gasteiger partial charge in [0.25, 0.3) is 5.91 Å². The highest BCUT2D eigenvalue weighted by Gasteiger charge is 2.63. The van der Waals surface area contributed by atoms with E-state index in [1.807, 2.05) is 57.2 Å². The van der Waals surface area contributed by atoms with Crippen LogP contribution in [0.25, 0.3) is 0 Å². The van der Waals surface area contributed by atoms with E-state index in [9.17, 15) is 19.2 Å². The van der Waals surface area contributed by atoms with E-state index in [0.717, 1.165) is 39.8 Å². The van der Waals surface area contributed by atoms with E-state index in [0.29, 0.717) is 18.5 Å². The fraction of sp³-hybridized carbons (Fsp3) is 0.353. The molecule has 3 aromatic carbocycles. The Bertz CT molecular complexity index is 1450. The van der Waals surface area contributed by atoms with Gasteiger partial charge in [-0.1, -0.05) is 80.4 Å². The van der Waals surface area contributed by atoms with Gasteiger partial charge in [-0.25, -0.2) is 4.79 Å². The second kappa shape index (κ2) is 10.6. The monoisotopic (exact) mass is 550 g/mol. The number of benzene rings is 3. The highest BCUT2D eigenvalue weighted by molar-refractivity contribution is 6.10. The smallest absolute Gasteiger partial charge is 0.329 e. The zero-order valence-electron chi connectivity index (χ0n) is 23.6. The Kier molecular flexibility index (Phi) is 6.98. The maximum Gasteiger partial charge on any atom is 0.329 e. The van der Waals surface area contributed by atoms with Gasteiger partial charge in [0.05, 0.1) is 11.8 Å². The molecule has 3 atom stereocenters. The third-order valence-electron chi connectivity index (χ3n) is 9.12. The van der Waals surface area contributed by atoms with E-state index < -0.39 is 36.4 Å². The van der Waals surface area contributed by atoms with Gasteiger partial charge < -0.3 is 10.1 Å². The second-order valence-electron chi connectivity index (χ2n) is 11.4. The van der Waals surface area contributed by atoms with E-state index in [1.54, 1.807) is 6.07 Å². The largest absolute Gasteiger partial charge is 0.454 e. The lowest BCUT2D eigenvalue weighted by atomic mass is 9.55. The summed E-state index contributed by atoms with van der Waals surface area (Å²) in [5.74, 6) is -3.47. The number of nitrogens with zero attached hydrogens (tertiary/aromatic N) is 1. The van der Waals surface area contributed by atoms with E-state index in [1.165, 1.54) is 4.90 Å². The Hall–Kier alpha value is -4.26. The maximum atomic E-state index is 14.1. The van der Waals surface area contributed by atoms with Crippen LogP contribution in [0.3, 0.4) is 0 Å². The van der Waals surface area contributed by atoms with Crippen LogP contribution in [0.2, 0.25) is 0 Å². The minimum absolute atomic E-state index is 0.245. The van der Waals surface area contributed by atoms with Crippen LogP contribution < -0.4 is 5.32 Å². The van der Waals surface area contributed by atoms with Gasteiger partial charge in [0.15, 0.2) is 6.61 Å². The maximum absolute atomic E-state index is 14.1. The first-order valence-corrected chi connectivity index (χ1v) is 14.4. The van der Waals surface area contributed by atoms with Crippen molar-refractivity contribution < 1.29 is 23.9 Å². The summed E-state index contributed by atoms with van der Waals surface area (Å²) in [5.41, 5.74) is 6.93. The van der Waals surface area contributed by atoms with E-state index >= 15 is 0 Å². The van der Waals surface area contributed by atoms with E-state index in [4.69, 9.17) is 4.74 Å². The van der Waals surface area contributed by atoms with Gasteiger partial charge in [-0.15, -0.1) is 0 Å². The highest BCUT2D eigenvalue weighted by atomic mass is 16.5. The molecule has 0 aromatic heterocycles. The van der Waals surface area contributed by atoms with Crippen LogP contribution >= 0.6 is 0 Å². The molecule has 0 radical (unpaired) electrons. The van der Waals surface area contributed by atoms with Crippen LogP contribution in [0.1, 0.15) is 71.4 Å². The van der Waals surface area contributed by atoms with Crippen molar-refractivity contribution in [3.8, 4) is 0 Å². The third kappa shape index (κ3) is 4.35. The number of esters is 1. The lowest BCUT2D eigenvalue weighted by molar-refractivity contribution is -0.160. The summed E-state index contributed by atoms with van der Waals surface area (Å²) < 4.78 is 5.46. The SMILES string of the molecule is CCCC[C@H](C(=O)OCC(=O)Nc1cccc(C)c1C)N1C(=O)[C@H]2C3c4ccccc4C(c4ccccc43)[C@@H]2C1=O. The van der Waals surface area contributed by atoms with Crippen LogP contribution in [0.5, 0.6) is 0 Å². The Morgan fingerprint density at radius 2 is 1.37 bits per heavy atom. The number of amides is 3. The molecule has 7 heteroatoms. The number of hydrogen-bond donors (Lipinski definition) is 1. The number of carbonyl (C=O) groups is 4. The van der Waals surface area contributed by atoms with Crippen LogP contribution in [0, 0.1) is 25.7 Å². The van der Waals surface area contributed by atoms with Crippen molar-refractivity contribution in [3.63, 3.8) is 0 Å². The minimum Gasteiger partial charge on any atom is -0.454 e. The number of carbonyl (C=O) groups excluding carboxylic acids is 4. The minimum atomic E-state index is -1.07. The Morgan fingerprint density at radius 1 is 0.829 bits per heavy atom. The number of hydrogen-bond acceptors (Lipinski definition) is 5. The van der Waals surface area contributed by atoms with Gasteiger partial charge in [-0.2, -0.15) is 0 Å². The molecular formula is C34H34N2O5. The van der Waals surface area contributed by atoms with Crippen molar-refractivity contribution >= 4 is 29.4 Å². The number of nitrogens with one attached hydrogen (secondary N) is 1. The Balaban J connectivity index is 1.26. The standard InChI is InChI=1S/C34H34N2O5/c1-4-5-17-26(34(40)41-18-27(37)35-25-16-10-11-19(2)20(25)3)36-32(38)30-28-21-12-6-7-13-22(21)29(31(30)33(36)39)24-15-9-8-14-23(24)28/h6-16,26,28-31H,4-5,17-18H2,1-3H3,(H,35,37)/t26-,28?,29?,30+,31+/m1/s1. The van der Waals surface area contributed by atoms with Crippen molar-refractivity contribution in [3.05, 3.63) is 100 Å². The number of imide groups is 1. The van der Waals surface area contributed by atoms with Gasteiger partial charge in [0, 0.05) is 17.5 Å². The summed E-state index contributed by atoms with van der Waals surface area (Å²) in [6.45, 7) is 5.35.